The third-order valence-electron chi connectivity index (χ3n) is 4.30. The van der Waals surface area contributed by atoms with Crippen molar-refractivity contribution in [2.45, 2.75) is 11.7 Å². The summed E-state index contributed by atoms with van der Waals surface area (Å²) < 4.78 is 47.4. The van der Waals surface area contributed by atoms with Crippen molar-refractivity contribution >= 4 is 34.4 Å². The second-order valence-electron chi connectivity index (χ2n) is 5.95. The van der Waals surface area contributed by atoms with Gasteiger partial charge in [0.05, 0.1) is 7.11 Å². The van der Waals surface area contributed by atoms with Gasteiger partial charge < -0.3 is 15.0 Å². The monoisotopic (exact) mass is 410 g/mol. The molecule has 0 aliphatic rings. The molecular formula is C19H14ClF3N2O3. The van der Waals surface area contributed by atoms with E-state index in [1.807, 2.05) is 5.32 Å². The number of alkyl halides is 3. The maximum Gasteiger partial charge on any atom is 0.426 e. The van der Waals surface area contributed by atoms with Gasteiger partial charge in [0.25, 0.3) is 11.4 Å². The third-order valence-corrected chi connectivity index (χ3v) is 4.53. The van der Waals surface area contributed by atoms with Gasteiger partial charge in [-0.05, 0) is 24.3 Å². The molecule has 0 spiro atoms. The van der Waals surface area contributed by atoms with Crippen LogP contribution < -0.4 is 5.32 Å². The normalized spacial score (nSPS) is 13.8. The molecule has 1 amide bonds. The summed E-state index contributed by atoms with van der Waals surface area (Å²) >= 11 is 5.82. The number of benzene rings is 2. The quantitative estimate of drug-likeness (QED) is 0.634. The lowest BCUT2D eigenvalue weighted by molar-refractivity contribution is -0.212. The second-order valence-corrected chi connectivity index (χ2v) is 6.39. The summed E-state index contributed by atoms with van der Waals surface area (Å²) in [6, 6.07) is 11.5. The van der Waals surface area contributed by atoms with E-state index in [1.165, 1.54) is 36.4 Å². The van der Waals surface area contributed by atoms with Crippen LogP contribution in [0.5, 0.6) is 0 Å². The molecule has 1 heterocycles. The number of esters is 1. The number of carbonyl (C=O) groups excluding carboxylic acids is 2. The molecule has 0 saturated heterocycles. The maximum absolute atomic E-state index is 14.3. The fourth-order valence-corrected chi connectivity index (χ4v) is 3.16. The van der Waals surface area contributed by atoms with E-state index >= 15 is 0 Å². The highest BCUT2D eigenvalue weighted by atomic mass is 35.5. The number of amides is 1. The van der Waals surface area contributed by atoms with Crippen LogP contribution in [-0.2, 0) is 15.1 Å². The number of aromatic nitrogens is 1. The fourth-order valence-electron chi connectivity index (χ4n) is 2.97. The van der Waals surface area contributed by atoms with Gasteiger partial charge in [-0.3, -0.25) is 4.79 Å². The Morgan fingerprint density at radius 2 is 1.82 bits per heavy atom. The molecule has 9 heteroatoms. The number of hydrogen-bond acceptors (Lipinski definition) is 3. The Kier molecular flexibility index (Phi) is 5.08. The molecule has 0 fully saturated rings. The number of H-pyrrole nitrogens is 1. The zero-order valence-corrected chi connectivity index (χ0v) is 15.2. The summed E-state index contributed by atoms with van der Waals surface area (Å²) in [6.07, 6.45) is -4.16. The number of nitrogens with one attached hydrogen (secondary N) is 2. The van der Waals surface area contributed by atoms with Crippen molar-refractivity contribution in [3.63, 3.8) is 0 Å². The van der Waals surface area contributed by atoms with Gasteiger partial charge in [0.2, 0.25) is 0 Å². The molecule has 3 rings (SSSR count). The molecule has 0 saturated carbocycles. The van der Waals surface area contributed by atoms with Crippen molar-refractivity contribution in [2.75, 3.05) is 7.11 Å². The molecule has 3 aromatic rings. The molecule has 1 unspecified atom stereocenters. The van der Waals surface area contributed by atoms with E-state index in [-0.39, 0.29) is 16.0 Å². The molecule has 0 bridgehead atoms. The van der Waals surface area contributed by atoms with Crippen molar-refractivity contribution < 1.29 is 27.5 Å². The average Bonchev–Trinajstić information content (AvgIpc) is 3.08. The molecule has 0 aliphatic carbocycles. The lowest BCUT2D eigenvalue weighted by Crippen LogP contribution is -2.61. The summed E-state index contributed by atoms with van der Waals surface area (Å²) in [7, 11) is 0.823. The van der Waals surface area contributed by atoms with E-state index in [2.05, 4.69) is 9.72 Å². The summed E-state index contributed by atoms with van der Waals surface area (Å²) in [4.78, 5) is 27.8. The highest BCUT2D eigenvalue weighted by Gasteiger charge is 2.64. The van der Waals surface area contributed by atoms with E-state index < -0.39 is 29.2 Å². The number of aromatic amines is 1. The van der Waals surface area contributed by atoms with Crippen LogP contribution in [0.1, 0.15) is 15.9 Å². The van der Waals surface area contributed by atoms with Crippen LogP contribution in [-0.4, -0.2) is 30.1 Å². The van der Waals surface area contributed by atoms with Crippen LogP contribution in [0.2, 0.25) is 5.02 Å². The van der Waals surface area contributed by atoms with Crippen molar-refractivity contribution in [1.29, 1.82) is 0 Å². The van der Waals surface area contributed by atoms with Crippen LogP contribution in [0.3, 0.4) is 0 Å². The number of rotatable bonds is 4. The van der Waals surface area contributed by atoms with Crippen LogP contribution in [0.15, 0.2) is 54.7 Å². The van der Waals surface area contributed by atoms with E-state index in [1.54, 1.807) is 12.1 Å². The lowest BCUT2D eigenvalue weighted by Gasteiger charge is -2.33. The molecule has 5 nitrogen and oxygen atoms in total. The molecule has 28 heavy (non-hydrogen) atoms. The Hall–Kier alpha value is -3.00. The van der Waals surface area contributed by atoms with Crippen molar-refractivity contribution in [1.82, 2.24) is 10.3 Å². The number of carbonyl (C=O) groups is 2. The fraction of sp³-hybridized carbons (Fsp3) is 0.158. The zero-order valence-electron chi connectivity index (χ0n) is 14.4. The predicted molar refractivity (Wildman–Crippen MR) is 97.0 cm³/mol. The van der Waals surface area contributed by atoms with E-state index in [4.69, 9.17) is 11.6 Å². The second kappa shape index (κ2) is 7.20. The molecular weight excluding hydrogens is 397 g/mol. The Balaban J connectivity index is 2.22. The molecule has 0 radical (unpaired) electrons. The van der Waals surface area contributed by atoms with Crippen molar-refractivity contribution in [3.8, 4) is 0 Å². The first kappa shape index (κ1) is 19.8. The van der Waals surface area contributed by atoms with Gasteiger partial charge in [0.15, 0.2) is 0 Å². The Labute approximate surface area is 162 Å². The van der Waals surface area contributed by atoms with Crippen LogP contribution >= 0.6 is 11.6 Å². The number of fused-ring (bicyclic) bond motifs is 1. The van der Waals surface area contributed by atoms with Crippen LogP contribution in [0, 0.1) is 0 Å². The van der Waals surface area contributed by atoms with Crippen LogP contribution in [0.4, 0.5) is 13.2 Å². The first-order valence-corrected chi connectivity index (χ1v) is 8.38. The maximum atomic E-state index is 14.3. The summed E-state index contributed by atoms with van der Waals surface area (Å²) in [5.74, 6) is -2.80. The Morgan fingerprint density at radius 1 is 1.11 bits per heavy atom. The third kappa shape index (κ3) is 3.20. The molecule has 2 aromatic carbocycles. The first-order chi connectivity index (χ1) is 13.2. The predicted octanol–water partition coefficient (Wildman–Crippen LogP) is 4.18. The van der Waals surface area contributed by atoms with E-state index in [0.29, 0.717) is 5.52 Å². The van der Waals surface area contributed by atoms with Gasteiger partial charge in [0, 0.05) is 33.2 Å². The van der Waals surface area contributed by atoms with Gasteiger partial charge in [-0.15, -0.1) is 0 Å². The lowest BCUT2D eigenvalue weighted by atomic mass is 9.88. The Bertz CT molecular complexity index is 1050. The number of halogens is 4. The highest BCUT2D eigenvalue weighted by Crippen LogP contribution is 2.43. The topological polar surface area (TPSA) is 71.2 Å². The van der Waals surface area contributed by atoms with Gasteiger partial charge in [-0.25, -0.2) is 4.79 Å². The molecule has 0 aliphatic heterocycles. The summed E-state index contributed by atoms with van der Waals surface area (Å²) in [5.41, 5.74) is -3.66. The van der Waals surface area contributed by atoms with Gasteiger partial charge in [-0.1, -0.05) is 35.9 Å². The van der Waals surface area contributed by atoms with Gasteiger partial charge in [-0.2, -0.15) is 13.2 Å². The standard InChI is InChI=1S/C19H14ClF3N2O3/c1-28-17(27)18(19(21,22)23,14-10-24-15-8-3-2-7-13(14)15)25-16(26)11-5-4-6-12(20)9-11/h2-10,24H,1H3,(H,25,26). The van der Waals surface area contributed by atoms with Gasteiger partial charge in [0.1, 0.15) is 0 Å². The minimum Gasteiger partial charge on any atom is -0.467 e. The Morgan fingerprint density at radius 3 is 2.46 bits per heavy atom. The minimum absolute atomic E-state index is 0.122. The molecule has 146 valence electrons. The largest absolute Gasteiger partial charge is 0.467 e. The molecule has 2 N–H and O–H groups in total. The zero-order chi connectivity index (χ0) is 20.5. The van der Waals surface area contributed by atoms with Crippen molar-refractivity contribution in [2.24, 2.45) is 0 Å². The van der Waals surface area contributed by atoms with Gasteiger partial charge >= 0.3 is 12.1 Å². The average molecular weight is 411 g/mol. The van der Waals surface area contributed by atoms with Crippen LogP contribution in [0.25, 0.3) is 10.9 Å². The number of methoxy groups -OCH3 is 1. The number of ether oxygens (including phenoxy) is 1. The first-order valence-electron chi connectivity index (χ1n) is 8.00. The minimum atomic E-state index is -5.20. The highest BCUT2D eigenvalue weighted by molar-refractivity contribution is 6.31. The van der Waals surface area contributed by atoms with E-state index in [0.717, 1.165) is 13.3 Å². The molecule has 1 aromatic heterocycles. The smallest absolute Gasteiger partial charge is 0.426 e. The number of hydrogen-bond donors (Lipinski definition) is 2. The van der Waals surface area contributed by atoms with E-state index in [9.17, 15) is 22.8 Å². The summed E-state index contributed by atoms with van der Waals surface area (Å²) in [6.45, 7) is 0. The molecule has 1 atom stereocenters. The SMILES string of the molecule is COC(=O)C(NC(=O)c1cccc(Cl)c1)(c1c[nH]c2ccccc12)C(F)(F)F. The number of para-hydroxylation sites is 1. The van der Waals surface area contributed by atoms with Crippen molar-refractivity contribution in [3.05, 3.63) is 70.9 Å². The summed E-state index contributed by atoms with van der Waals surface area (Å²) in [5, 5.41) is 2.13.